The maximum absolute atomic E-state index is 12.7. The first-order chi connectivity index (χ1) is 23.3. The van der Waals surface area contributed by atoms with Crippen molar-refractivity contribution in [3.63, 3.8) is 0 Å². The highest BCUT2D eigenvalue weighted by Crippen LogP contribution is 2.33. The maximum atomic E-state index is 12.7. The Balaban J connectivity index is 1.44. The van der Waals surface area contributed by atoms with Gasteiger partial charge in [0.25, 0.3) is 0 Å². The van der Waals surface area contributed by atoms with Crippen molar-refractivity contribution >= 4 is 17.7 Å². The van der Waals surface area contributed by atoms with Crippen molar-refractivity contribution in [2.24, 2.45) is 5.92 Å². The van der Waals surface area contributed by atoms with Crippen molar-refractivity contribution in [1.82, 2.24) is 0 Å². The van der Waals surface area contributed by atoms with E-state index in [1.807, 2.05) is 42.5 Å². The summed E-state index contributed by atoms with van der Waals surface area (Å²) < 4.78 is 22.0. The van der Waals surface area contributed by atoms with Crippen LogP contribution >= 0.6 is 0 Å². The Hall–Kier alpha value is -4.33. The van der Waals surface area contributed by atoms with E-state index in [9.17, 15) is 19.5 Å². The molecule has 260 valence electrons. The Morgan fingerprint density at radius 2 is 1.35 bits per heavy atom. The van der Waals surface area contributed by atoms with Crippen molar-refractivity contribution in [1.29, 1.82) is 0 Å². The SMILES string of the molecule is COC(=O)CCCCCOc1ccccc1CC(CCCCCCOc1ccc(C(C)=O)c(O)c1CCCc1ccccc1)C(=O)OC. The number of esters is 2. The number of aryl methyl sites for hydroxylation is 1. The lowest BCUT2D eigenvalue weighted by molar-refractivity contribution is -0.145. The number of benzene rings is 3. The number of ketones is 1. The molecule has 0 bridgehead atoms. The number of rotatable bonds is 23. The predicted octanol–water partition coefficient (Wildman–Crippen LogP) is 8.24. The van der Waals surface area contributed by atoms with Gasteiger partial charge in [-0.2, -0.15) is 0 Å². The number of carbonyl (C=O) groups excluding carboxylic acids is 3. The molecule has 0 fully saturated rings. The topological polar surface area (TPSA) is 108 Å². The number of carbonyl (C=O) groups is 3. The number of Topliss-reactive ketones (excluding diaryl/α,β-unsaturated/α-hetero) is 1. The van der Waals surface area contributed by atoms with Crippen LogP contribution in [0.3, 0.4) is 0 Å². The van der Waals surface area contributed by atoms with Crippen molar-refractivity contribution in [3.05, 3.63) is 89.0 Å². The van der Waals surface area contributed by atoms with Crippen LogP contribution in [0.15, 0.2) is 66.7 Å². The van der Waals surface area contributed by atoms with E-state index in [0.29, 0.717) is 55.8 Å². The molecule has 48 heavy (non-hydrogen) atoms. The Bertz CT molecular complexity index is 1420. The molecule has 3 rings (SSSR count). The fourth-order valence-electron chi connectivity index (χ4n) is 5.80. The number of hydrogen-bond acceptors (Lipinski definition) is 8. The van der Waals surface area contributed by atoms with Crippen LogP contribution in [0.5, 0.6) is 17.2 Å². The molecule has 0 aliphatic carbocycles. The molecule has 3 aromatic rings. The van der Waals surface area contributed by atoms with Crippen LogP contribution in [0.2, 0.25) is 0 Å². The lowest BCUT2D eigenvalue weighted by Crippen LogP contribution is -2.19. The Labute approximate surface area is 285 Å². The highest BCUT2D eigenvalue weighted by atomic mass is 16.5. The van der Waals surface area contributed by atoms with E-state index in [2.05, 4.69) is 16.9 Å². The highest BCUT2D eigenvalue weighted by molar-refractivity contribution is 5.97. The van der Waals surface area contributed by atoms with E-state index in [0.717, 1.165) is 69.1 Å². The number of phenols is 1. The molecule has 0 heterocycles. The number of hydrogen-bond donors (Lipinski definition) is 1. The number of methoxy groups -OCH3 is 2. The van der Waals surface area contributed by atoms with Gasteiger partial charge in [0.05, 0.1) is 38.9 Å². The van der Waals surface area contributed by atoms with E-state index in [1.54, 1.807) is 12.1 Å². The van der Waals surface area contributed by atoms with E-state index >= 15 is 0 Å². The molecular formula is C40H52O8. The van der Waals surface area contributed by atoms with Crippen LogP contribution in [-0.4, -0.2) is 50.3 Å². The van der Waals surface area contributed by atoms with Gasteiger partial charge in [-0.25, -0.2) is 0 Å². The van der Waals surface area contributed by atoms with E-state index in [1.165, 1.54) is 26.7 Å². The van der Waals surface area contributed by atoms with Gasteiger partial charge in [0.15, 0.2) is 5.78 Å². The molecule has 0 aromatic heterocycles. The van der Waals surface area contributed by atoms with Gasteiger partial charge in [-0.1, -0.05) is 67.8 Å². The number of phenolic OH excluding ortho intramolecular Hbond substituents is 1. The summed E-state index contributed by atoms with van der Waals surface area (Å²) >= 11 is 0. The number of ether oxygens (including phenoxy) is 4. The van der Waals surface area contributed by atoms with Crippen LogP contribution in [0.4, 0.5) is 0 Å². The van der Waals surface area contributed by atoms with Crippen LogP contribution in [0, 0.1) is 5.92 Å². The fourth-order valence-corrected chi connectivity index (χ4v) is 5.80. The average molecular weight is 661 g/mol. The molecule has 8 nitrogen and oxygen atoms in total. The monoisotopic (exact) mass is 660 g/mol. The minimum atomic E-state index is -0.266. The summed E-state index contributed by atoms with van der Waals surface area (Å²) in [6.45, 7) is 2.50. The number of unbranched alkanes of at least 4 members (excludes halogenated alkanes) is 5. The molecule has 0 aliphatic heterocycles. The molecule has 0 saturated carbocycles. The van der Waals surface area contributed by atoms with Crippen molar-refractivity contribution in [2.45, 2.75) is 90.4 Å². The molecule has 1 unspecified atom stereocenters. The molecule has 8 heteroatoms. The Kier molecular flexibility index (Phi) is 17.1. The number of aromatic hydroxyl groups is 1. The smallest absolute Gasteiger partial charge is 0.308 e. The van der Waals surface area contributed by atoms with E-state index in [-0.39, 0.29) is 29.4 Å². The van der Waals surface area contributed by atoms with E-state index < -0.39 is 0 Å². The summed E-state index contributed by atoms with van der Waals surface area (Å²) in [5.41, 5.74) is 3.21. The summed E-state index contributed by atoms with van der Waals surface area (Å²) in [5.74, 6) is 0.568. The second kappa shape index (κ2) is 21.5. The third kappa shape index (κ3) is 13.1. The van der Waals surface area contributed by atoms with E-state index in [4.69, 9.17) is 14.2 Å². The second-order valence-electron chi connectivity index (χ2n) is 12.2. The van der Waals surface area contributed by atoms with Gasteiger partial charge < -0.3 is 24.1 Å². The highest BCUT2D eigenvalue weighted by Gasteiger charge is 2.21. The molecule has 0 amide bonds. The first-order valence-corrected chi connectivity index (χ1v) is 17.2. The molecule has 0 aliphatic rings. The van der Waals surface area contributed by atoms with Crippen LogP contribution in [0.25, 0.3) is 0 Å². The summed E-state index contributed by atoms with van der Waals surface area (Å²) in [5, 5.41) is 10.9. The molecule has 1 atom stereocenters. The first-order valence-electron chi connectivity index (χ1n) is 17.2. The standard InChI is InChI=1S/C40H52O8/c1-30(41)34-25-26-37(35(39(34)43)22-16-19-31-17-8-6-9-18-31)48-28-14-5-4-10-21-33(40(44)46-3)29-32-20-12-13-23-36(32)47-27-15-7-11-24-38(42)45-2/h6,8-9,12-13,17-18,20,23,25-26,33,43H,4-5,7,10-11,14-16,19,21-22,24,27-29H2,1-3H3. The van der Waals surface area contributed by atoms with Gasteiger partial charge in [-0.3, -0.25) is 14.4 Å². The summed E-state index contributed by atoms with van der Waals surface area (Å²) in [4.78, 5) is 36.0. The van der Waals surface area contributed by atoms with Gasteiger partial charge in [-0.15, -0.1) is 0 Å². The first kappa shape index (κ1) is 38.1. The van der Waals surface area contributed by atoms with Crippen LogP contribution in [-0.2, 0) is 38.3 Å². The quantitative estimate of drug-likeness (QED) is 0.0616. The average Bonchev–Trinajstić information content (AvgIpc) is 3.10. The van der Waals surface area contributed by atoms with Gasteiger partial charge >= 0.3 is 11.9 Å². The number of para-hydroxylation sites is 1. The predicted molar refractivity (Wildman–Crippen MR) is 187 cm³/mol. The van der Waals surface area contributed by atoms with Crippen molar-refractivity contribution < 1.29 is 38.4 Å². The summed E-state index contributed by atoms with van der Waals surface area (Å²) in [6, 6.07) is 21.4. The minimum absolute atomic E-state index is 0.0181. The molecule has 0 saturated heterocycles. The van der Waals surface area contributed by atoms with Crippen molar-refractivity contribution in [2.75, 3.05) is 27.4 Å². The normalized spacial score (nSPS) is 11.5. The second-order valence-corrected chi connectivity index (χ2v) is 12.2. The lowest BCUT2D eigenvalue weighted by Gasteiger charge is -2.17. The summed E-state index contributed by atoms with van der Waals surface area (Å²) in [6.07, 6.45) is 10.0. The van der Waals surface area contributed by atoms with Gasteiger partial charge in [0.2, 0.25) is 0 Å². The molecule has 0 radical (unpaired) electrons. The molecule has 0 spiro atoms. The Morgan fingerprint density at radius 1 is 0.688 bits per heavy atom. The summed E-state index contributed by atoms with van der Waals surface area (Å²) in [7, 11) is 2.83. The third-order valence-corrected chi connectivity index (χ3v) is 8.54. The minimum Gasteiger partial charge on any atom is -0.507 e. The van der Waals surface area contributed by atoms with Crippen LogP contribution < -0.4 is 9.47 Å². The molecule has 3 aromatic carbocycles. The largest absolute Gasteiger partial charge is 0.507 e. The Morgan fingerprint density at radius 3 is 2.06 bits per heavy atom. The lowest BCUT2D eigenvalue weighted by atomic mass is 9.93. The zero-order valence-electron chi connectivity index (χ0n) is 28.8. The zero-order chi connectivity index (χ0) is 34.6. The van der Waals surface area contributed by atoms with Gasteiger partial charge in [0.1, 0.15) is 17.2 Å². The van der Waals surface area contributed by atoms with Gasteiger partial charge in [-0.05, 0) is 94.0 Å². The van der Waals surface area contributed by atoms with Gasteiger partial charge in [0, 0.05) is 12.0 Å². The van der Waals surface area contributed by atoms with Crippen LogP contribution in [0.1, 0.15) is 98.2 Å². The van der Waals surface area contributed by atoms with Crippen molar-refractivity contribution in [3.8, 4) is 17.2 Å². The maximum Gasteiger partial charge on any atom is 0.308 e. The zero-order valence-corrected chi connectivity index (χ0v) is 28.8. The molecular weight excluding hydrogens is 608 g/mol. The fraction of sp³-hybridized carbons (Fsp3) is 0.475. The molecule has 1 N–H and O–H groups in total. The third-order valence-electron chi connectivity index (χ3n) is 8.54.